The zero-order valence-corrected chi connectivity index (χ0v) is 17.7. The highest BCUT2D eigenvalue weighted by Crippen LogP contribution is 2.17. The standard InChI is InChI=1S/C21H25N5O3S/c1-16-5-6-17-15-19(24-18(17)14-16)21(27)23-8-13-30(28,29)26-11-9-25(10-12-26)20-4-2-3-7-22-20/h2-7,14-15,24H,8-13H2,1H3,(H,23,27). The first-order valence-corrected chi connectivity index (χ1v) is 11.5. The third kappa shape index (κ3) is 4.47. The van der Waals surface area contributed by atoms with Crippen molar-refractivity contribution in [1.29, 1.82) is 0 Å². The molecule has 1 aliphatic heterocycles. The fourth-order valence-electron chi connectivity index (χ4n) is 3.62. The van der Waals surface area contributed by atoms with Gasteiger partial charge in [-0.05, 0) is 36.8 Å². The number of sulfonamides is 1. The lowest BCUT2D eigenvalue weighted by molar-refractivity contribution is 0.0952. The number of carbonyl (C=O) groups is 1. The number of nitrogens with zero attached hydrogens (tertiary/aromatic N) is 3. The summed E-state index contributed by atoms with van der Waals surface area (Å²) in [5.41, 5.74) is 2.42. The molecule has 158 valence electrons. The number of aryl methyl sites for hydroxylation is 1. The molecule has 1 aliphatic rings. The summed E-state index contributed by atoms with van der Waals surface area (Å²) in [6.45, 7) is 4.06. The fourth-order valence-corrected chi connectivity index (χ4v) is 4.96. The van der Waals surface area contributed by atoms with Gasteiger partial charge in [0.1, 0.15) is 11.5 Å². The summed E-state index contributed by atoms with van der Waals surface area (Å²) >= 11 is 0. The zero-order chi connectivity index (χ0) is 21.1. The molecular formula is C21H25N5O3S. The summed E-state index contributed by atoms with van der Waals surface area (Å²) in [5, 5.41) is 3.66. The van der Waals surface area contributed by atoms with Gasteiger partial charge in [-0.2, -0.15) is 4.31 Å². The van der Waals surface area contributed by atoms with Gasteiger partial charge >= 0.3 is 0 Å². The van der Waals surface area contributed by atoms with Crippen molar-refractivity contribution in [2.45, 2.75) is 6.92 Å². The normalized spacial score (nSPS) is 15.4. The first kappa shape index (κ1) is 20.4. The Morgan fingerprint density at radius 1 is 1.13 bits per heavy atom. The number of rotatable bonds is 6. The van der Waals surface area contributed by atoms with Gasteiger partial charge in [0, 0.05) is 49.8 Å². The molecule has 0 atom stereocenters. The monoisotopic (exact) mass is 427 g/mol. The minimum Gasteiger partial charge on any atom is -0.354 e. The number of aromatic nitrogens is 2. The van der Waals surface area contributed by atoms with E-state index in [4.69, 9.17) is 0 Å². The molecule has 0 spiro atoms. The van der Waals surface area contributed by atoms with E-state index in [1.807, 2.05) is 43.3 Å². The van der Waals surface area contributed by atoms with Crippen LogP contribution in [0.15, 0.2) is 48.7 Å². The molecule has 2 aromatic heterocycles. The van der Waals surface area contributed by atoms with Gasteiger partial charge in [0.05, 0.1) is 5.75 Å². The average molecular weight is 428 g/mol. The van der Waals surface area contributed by atoms with E-state index < -0.39 is 10.0 Å². The largest absolute Gasteiger partial charge is 0.354 e. The van der Waals surface area contributed by atoms with Crippen LogP contribution in [0, 0.1) is 6.92 Å². The Bertz CT molecular complexity index is 1140. The van der Waals surface area contributed by atoms with Gasteiger partial charge < -0.3 is 15.2 Å². The molecule has 3 heterocycles. The molecule has 1 amide bonds. The number of nitrogens with one attached hydrogen (secondary N) is 2. The highest BCUT2D eigenvalue weighted by molar-refractivity contribution is 7.89. The molecule has 2 N–H and O–H groups in total. The molecule has 0 unspecified atom stereocenters. The van der Waals surface area contributed by atoms with E-state index >= 15 is 0 Å². The molecular weight excluding hydrogens is 402 g/mol. The summed E-state index contributed by atoms with van der Waals surface area (Å²) in [6, 6.07) is 13.4. The lowest BCUT2D eigenvalue weighted by atomic mass is 10.2. The molecule has 1 saturated heterocycles. The maximum atomic E-state index is 12.7. The van der Waals surface area contributed by atoms with Crippen molar-refractivity contribution in [3.8, 4) is 0 Å². The SMILES string of the molecule is Cc1ccc2cc(C(=O)NCCS(=O)(=O)N3CCN(c4ccccn4)CC3)[nH]c2c1. The summed E-state index contributed by atoms with van der Waals surface area (Å²) in [7, 11) is -3.44. The number of benzene rings is 1. The highest BCUT2D eigenvalue weighted by atomic mass is 32.2. The average Bonchev–Trinajstić information content (AvgIpc) is 3.18. The topological polar surface area (TPSA) is 98.4 Å². The molecule has 9 heteroatoms. The van der Waals surface area contributed by atoms with Crippen LogP contribution in [-0.2, 0) is 10.0 Å². The third-order valence-corrected chi connectivity index (χ3v) is 7.15. The Morgan fingerprint density at radius 2 is 1.93 bits per heavy atom. The second-order valence-electron chi connectivity index (χ2n) is 7.42. The highest BCUT2D eigenvalue weighted by Gasteiger charge is 2.27. The number of hydrogen-bond acceptors (Lipinski definition) is 5. The lowest BCUT2D eigenvalue weighted by Gasteiger charge is -2.34. The maximum Gasteiger partial charge on any atom is 0.267 e. The molecule has 0 aliphatic carbocycles. The molecule has 30 heavy (non-hydrogen) atoms. The number of amides is 1. The number of hydrogen-bond donors (Lipinski definition) is 2. The van der Waals surface area contributed by atoms with E-state index in [-0.39, 0.29) is 18.2 Å². The number of H-pyrrole nitrogens is 1. The van der Waals surface area contributed by atoms with Gasteiger partial charge in [-0.1, -0.05) is 18.2 Å². The molecule has 3 aromatic rings. The minimum absolute atomic E-state index is 0.0655. The smallest absolute Gasteiger partial charge is 0.267 e. The van der Waals surface area contributed by atoms with Crippen molar-refractivity contribution >= 4 is 32.7 Å². The number of aromatic amines is 1. The van der Waals surface area contributed by atoms with Gasteiger partial charge in [-0.15, -0.1) is 0 Å². The van der Waals surface area contributed by atoms with Crippen molar-refractivity contribution in [3.63, 3.8) is 0 Å². The lowest BCUT2D eigenvalue weighted by Crippen LogP contribution is -2.50. The predicted molar refractivity (Wildman–Crippen MR) is 117 cm³/mol. The van der Waals surface area contributed by atoms with Crippen LogP contribution in [0.1, 0.15) is 16.1 Å². The van der Waals surface area contributed by atoms with Crippen molar-refractivity contribution in [1.82, 2.24) is 19.6 Å². The van der Waals surface area contributed by atoms with Crippen LogP contribution in [0.4, 0.5) is 5.82 Å². The Morgan fingerprint density at radius 3 is 2.67 bits per heavy atom. The van der Waals surface area contributed by atoms with Crippen molar-refractivity contribution < 1.29 is 13.2 Å². The van der Waals surface area contributed by atoms with Gasteiger partial charge in [0.15, 0.2) is 0 Å². The summed E-state index contributed by atoms with van der Waals surface area (Å²) in [6.07, 6.45) is 1.73. The van der Waals surface area contributed by atoms with Crippen LogP contribution in [0.3, 0.4) is 0 Å². The molecule has 1 fully saturated rings. The van der Waals surface area contributed by atoms with E-state index in [1.165, 1.54) is 4.31 Å². The van der Waals surface area contributed by atoms with E-state index in [1.54, 1.807) is 12.3 Å². The van der Waals surface area contributed by atoms with Crippen molar-refractivity contribution in [3.05, 3.63) is 59.9 Å². The number of anilines is 1. The fraction of sp³-hybridized carbons (Fsp3) is 0.333. The van der Waals surface area contributed by atoms with E-state index in [2.05, 4.69) is 20.2 Å². The minimum atomic E-state index is -3.44. The first-order valence-electron chi connectivity index (χ1n) is 9.94. The second-order valence-corrected chi connectivity index (χ2v) is 9.51. The predicted octanol–water partition coefficient (Wildman–Crippen LogP) is 1.75. The Hall–Kier alpha value is -2.91. The van der Waals surface area contributed by atoms with E-state index in [0.29, 0.717) is 31.9 Å². The number of carbonyl (C=O) groups excluding carboxylic acids is 1. The Balaban J connectivity index is 1.29. The molecule has 0 bridgehead atoms. The van der Waals surface area contributed by atoms with Crippen LogP contribution in [0.2, 0.25) is 0 Å². The molecule has 0 radical (unpaired) electrons. The molecule has 0 saturated carbocycles. The van der Waals surface area contributed by atoms with Crippen molar-refractivity contribution in [2.75, 3.05) is 43.4 Å². The third-order valence-electron chi connectivity index (χ3n) is 5.27. The molecule has 1 aromatic carbocycles. The van der Waals surface area contributed by atoms with Crippen LogP contribution >= 0.6 is 0 Å². The van der Waals surface area contributed by atoms with Gasteiger partial charge in [0.25, 0.3) is 5.91 Å². The summed E-state index contributed by atoms with van der Waals surface area (Å²) in [4.78, 5) is 21.9. The summed E-state index contributed by atoms with van der Waals surface area (Å²) < 4.78 is 26.8. The zero-order valence-electron chi connectivity index (χ0n) is 16.8. The second kappa shape index (κ2) is 8.45. The quantitative estimate of drug-likeness (QED) is 0.625. The van der Waals surface area contributed by atoms with Crippen molar-refractivity contribution in [2.24, 2.45) is 0 Å². The molecule has 4 rings (SSSR count). The Labute approximate surface area is 176 Å². The van der Waals surface area contributed by atoms with Gasteiger partial charge in [-0.3, -0.25) is 4.79 Å². The van der Waals surface area contributed by atoms with Gasteiger partial charge in [0.2, 0.25) is 10.0 Å². The van der Waals surface area contributed by atoms with E-state index in [0.717, 1.165) is 22.3 Å². The van der Waals surface area contributed by atoms with E-state index in [9.17, 15) is 13.2 Å². The van der Waals surface area contributed by atoms with Crippen LogP contribution < -0.4 is 10.2 Å². The summed E-state index contributed by atoms with van der Waals surface area (Å²) in [5.74, 6) is 0.427. The molecule has 8 nitrogen and oxygen atoms in total. The number of fused-ring (bicyclic) bond motifs is 1. The van der Waals surface area contributed by atoms with Crippen LogP contribution in [-0.4, -0.2) is 67.1 Å². The Kier molecular flexibility index (Phi) is 5.74. The van der Waals surface area contributed by atoms with Crippen LogP contribution in [0.5, 0.6) is 0 Å². The van der Waals surface area contributed by atoms with Crippen LogP contribution in [0.25, 0.3) is 10.9 Å². The maximum absolute atomic E-state index is 12.7. The first-order chi connectivity index (χ1) is 14.4. The number of piperazine rings is 1. The van der Waals surface area contributed by atoms with Gasteiger partial charge in [-0.25, -0.2) is 13.4 Å². The number of pyridine rings is 1.